The molecule has 1 aromatic rings. The maximum Gasteiger partial charge on any atom is 0.0366 e. The van der Waals surface area contributed by atoms with Crippen molar-refractivity contribution < 1.29 is 0 Å². The third-order valence-corrected chi connectivity index (χ3v) is 4.80. The molecular formula is C17H27N3. The number of nitrogens with zero attached hydrogens (tertiary/aromatic N) is 2. The van der Waals surface area contributed by atoms with Crippen molar-refractivity contribution in [2.45, 2.75) is 19.3 Å². The standard InChI is InChI=1S/C17H27N3/c1-2-4-17(5-3-1)20-12-7-16(8-13-20)6-11-19-14-9-18-10-15-19/h1-5,16,18H,6-15H2. The van der Waals surface area contributed by atoms with E-state index in [0.29, 0.717) is 0 Å². The summed E-state index contributed by atoms with van der Waals surface area (Å²) in [6.45, 7) is 8.59. The maximum absolute atomic E-state index is 3.43. The molecule has 1 aromatic carbocycles. The number of rotatable bonds is 4. The van der Waals surface area contributed by atoms with E-state index in [1.807, 2.05) is 0 Å². The highest BCUT2D eigenvalue weighted by molar-refractivity contribution is 5.46. The zero-order valence-corrected chi connectivity index (χ0v) is 12.4. The minimum atomic E-state index is 0.935. The number of anilines is 1. The lowest BCUT2D eigenvalue weighted by atomic mass is 9.93. The van der Waals surface area contributed by atoms with E-state index >= 15 is 0 Å². The zero-order chi connectivity index (χ0) is 13.6. The molecule has 110 valence electrons. The SMILES string of the molecule is c1ccc(N2CCC(CCN3CCNCC3)CC2)cc1. The van der Waals surface area contributed by atoms with E-state index in [1.54, 1.807) is 0 Å². The van der Waals surface area contributed by atoms with Crippen LogP contribution >= 0.6 is 0 Å². The summed E-state index contributed by atoms with van der Waals surface area (Å²) in [5.41, 5.74) is 1.40. The smallest absolute Gasteiger partial charge is 0.0366 e. The van der Waals surface area contributed by atoms with Crippen molar-refractivity contribution in [2.24, 2.45) is 5.92 Å². The summed E-state index contributed by atoms with van der Waals surface area (Å²) in [6.07, 6.45) is 4.12. The van der Waals surface area contributed by atoms with Gasteiger partial charge in [0.25, 0.3) is 0 Å². The van der Waals surface area contributed by atoms with E-state index in [1.165, 1.54) is 70.8 Å². The van der Waals surface area contributed by atoms with Crippen LogP contribution in [0, 0.1) is 5.92 Å². The van der Waals surface area contributed by atoms with Crippen LogP contribution in [0.1, 0.15) is 19.3 Å². The molecule has 0 bridgehead atoms. The summed E-state index contributed by atoms with van der Waals surface area (Å²) >= 11 is 0. The summed E-state index contributed by atoms with van der Waals surface area (Å²) in [5, 5.41) is 3.43. The van der Waals surface area contributed by atoms with E-state index in [2.05, 4.69) is 45.4 Å². The molecule has 20 heavy (non-hydrogen) atoms. The number of piperazine rings is 1. The summed E-state index contributed by atoms with van der Waals surface area (Å²) in [6, 6.07) is 10.9. The monoisotopic (exact) mass is 273 g/mol. The molecule has 3 heteroatoms. The van der Waals surface area contributed by atoms with Crippen LogP contribution in [0.15, 0.2) is 30.3 Å². The van der Waals surface area contributed by atoms with Crippen LogP contribution in [0.2, 0.25) is 0 Å². The van der Waals surface area contributed by atoms with Crippen LogP contribution in [-0.2, 0) is 0 Å². The van der Waals surface area contributed by atoms with Crippen molar-refractivity contribution in [3.63, 3.8) is 0 Å². The molecule has 2 heterocycles. The van der Waals surface area contributed by atoms with E-state index in [9.17, 15) is 0 Å². The topological polar surface area (TPSA) is 18.5 Å². The summed E-state index contributed by atoms with van der Waals surface area (Å²) in [7, 11) is 0. The fourth-order valence-electron chi connectivity index (χ4n) is 3.42. The number of hydrogen-bond donors (Lipinski definition) is 1. The van der Waals surface area contributed by atoms with Crippen LogP contribution in [0.25, 0.3) is 0 Å². The van der Waals surface area contributed by atoms with Crippen LogP contribution in [0.5, 0.6) is 0 Å². The number of nitrogens with one attached hydrogen (secondary N) is 1. The van der Waals surface area contributed by atoms with E-state index in [4.69, 9.17) is 0 Å². The summed E-state index contributed by atoms with van der Waals surface area (Å²) < 4.78 is 0. The Morgan fingerprint density at radius 3 is 2.35 bits per heavy atom. The Morgan fingerprint density at radius 2 is 1.65 bits per heavy atom. The minimum Gasteiger partial charge on any atom is -0.372 e. The predicted molar refractivity (Wildman–Crippen MR) is 85.3 cm³/mol. The van der Waals surface area contributed by atoms with Gasteiger partial charge in [-0.1, -0.05) is 18.2 Å². The highest BCUT2D eigenvalue weighted by Gasteiger charge is 2.20. The third-order valence-electron chi connectivity index (χ3n) is 4.80. The molecule has 2 aliphatic rings. The quantitative estimate of drug-likeness (QED) is 0.907. The van der Waals surface area contributed by atoms with Gasteiger partial charge in [-0.3, -0.25) is 0 Å². The van der Waals surface area contributed by atoms with Crippen LogP contribution < -0.4 is 10.2 Å². The molecule has 0 amide bonds. The van der Waals surface area contributed by atoms with Crippen molar-refractivity contribution in [1.29, 1.82) is 0 Å². The second-order valence-electron chi connectivity index (χ2n) is 6.15. The molecule has 0 saturated carbocycles. The van der Waals surface area contributed by atoms with Gasteiger partial charge in [0.1, 0.15) is 0 Å². The molecule has 1 N–H and O–H groups in total. The Balaban J connectivity index is 1.40. The Morgan fingerprint density at radius 1 is 0.950 bits per heavy atom. The largest absolute Gasteiger partial charge is 0.372 e. The molecule has 0 aliphatic carbocycles. The van der Waals surface area contributed by atoms with Gasteiger partial charge in [0.15, 0.2) is 0 Å². The van der Waals surface area contributed by atoms with Crippen molar-refractivity contribution in [3.05, 3.63) is 30.3 Å². The maximum atomic E-state index is 3.43. The van der Waals surface area contributed by atoms with Gasteiger partial charge in [0, 0.05) is 45.0 Å². The van der Waals surface area contributed by atoms with Crippen molar-refractivity contribution in [2.75, 3.05) is 50.7 Å². The van der Waals surface area contributed by atoms with Gasteiger partial charge in [-0.05, 0) is 43.9 Å². The van der Waals surface area contributed by atoms with Gasteiger partial charge in [0.2, 0.25) is 0 Å². The second kappa shape index (κ2) is 7.09. The average molecular weight is 273 g/mol. The highest BCUT2D eigenvalue weighted by atomic mass is 15.2. The fraction of sp³-hybridized carbons (Fsp3) is 0.647. The van der Waals surface area contributed by atoms with Crippen molar-refractivity contribution >= 4 is 5.69 Å². The van der Waals surface area contributed by atoms with Gasteiger partial charge in [0.05, 0.1) is 0 Å². The molecule has 2 aliphatic heterocycles. The van der Waals surface area contributed by atoms with Gasteiger partial charge < -0.3 is 15.1 Å². The van der Waals surface area contributed by atoms with Crippen LogP contribution in [0.4, 0.5) is 5.69 Å². The normalized spacial score (nSPS) is 22.1. The molecule has 2 fully saturated rings. The number of para-hydroxylation sites is 1. The van der Waals surface area contributed by atoms with Gasteiger partial charge >= 0.3 is 0 Å². The second-order valence-corrected chi connectivity index (χ2v) is 6.15. The lowest BCUT2D eigenvalue weighted by molar-refractivity contribution is 0.215. The first-order valence-electron chi connectivity index (χ1n) is 8.15. The zero-order valence-electron chi connectivity index (χ0n) is 12.4. The molecule has 0 aromatic heterocycles. The van der Waals surface area contributed by atoms with E-state index in [0.717, 1.165) is 5.92 Å². The van der Waals surface area contributed by atoms with Gasteiger partial charge in [-0.15, -0.1) is 0 Å². The first-order chi connectivity index (χ1) is 9.92. The summed E-state index contributed by atoms with van der Waals surface area (Å²) in [5.74, 6) is 0.935. The predicted octanol–water partition coefficient (Wildman–Crippen LogP) is 2.20. The fourth-order valence-corrected chi connectivity index (χ4v) is 3.42. The molecule has 0 spiro atoms. The molecule has 3 nitrogen and oxygen atoms in total. The summed E-state index contributed by atoms with van der Waals surface area (Å²) in [4.78, 5) is 5.17. The van der Waals surface area contributed by atoms with Crippen LogP contribution in [0.3, 0.4) is 0 Å². The Labute approximate surface area is 123 Å². The van der Waals surface area contributed by atoms with E-state index < -0.39 is 0 Å². The Kier molecular flexibility index (Phi) is 4.93. The Hall–Kier alpha value is -1.06. The minimum absolute atomic E-state index is 0.935. The van der Waals surface area contributed by atoms with Crippen molar-refractivity contribution in [1.82, 2.24) is 10.2 Å². The van der Waals surface area contributed by atoms with Crippen molar-refractivity contribution in [3.8, 4) is 0 Å². The molecular weight excluding hydrogens is 246 g/mol. The molecule has 0 atom stereocenters. The first kappa shape index (κ1) is 13.9. The molecule has 0 radical (unpaired) electrons. The highest BCUT2D eigenvalue weighted by Crippen LogP contribution is 2.25. The van der Waals surface area contributed by atoms with Gasteiger partial charge in [-0.2, -0.15) is 0 Å². The lowest BCUT2D eigenvalue weighted by Crippen LogP contribution is -2.44. The molecule has 2 saturated heterocycles. The average Bonchev–Trinajstić information content (AvgIpc) is 2.55. The number of hydrogen-bond acceptors (Lipinski definition) is 3. The number of benzene rings is 1. The number of piperidine rings is 1. The Bertz CT molecular complexity index is 378. The third kappa shape index (κ3) is 3.74. The van der Waals surface area contributed by atoms with Crippen LogP contribution in [-0.4, -0.2) is 50.7 Å². The lowest BCUT2D eigenvalue weighted by Gasteiger charge is -2.35. The molecule has 3 rings (SSSR count). The van der Waals surface area contributed by atoms with E-state index in [-0.39, 0.29) is 0 Å². The van der Waals surface area contributed by atoms with Gasteiger partial charge in [-0.25, -0.2) is 0 Å². The first-order valence-corrected chi connectivity index (χ1v) is 8.15. The molecule has 0 unspecified atom stereocenters.